The van der Waals surface area contributed by atoms with Crippen LogP contribution in [0.4, 0.5) is 11.4 Å². The van der Waals surface area contributed by atoms with Crippen molar-refractivity contribution in [3.8, 4) is 5.75 Å². The lowest BCUT2D eigenvalue weighted by Crippen LogP contribution is -2.39. The number of anilines is 2. The van der Waals surface area contributed by atoms with Gasteiger partial charge in [-0.25, -0.2) is 8.42 Å². The van der Waals surface area contributed by atoms with E-state index in [2.05, 4.69) is 4.72 Å². The predicted molar refractivity (Wildman–Crippen MR) is 106 cm³/mol. The van der Waals surface area contributed by atoms with Crippen molar-refractivity contribution in [2.45, 2.75) is 32.6 Å². The number of hydrogen-bond acceptors (Lipinski definition) is 4. The summed E-state index contributed by atoms with van der Waals surface area (Å²) in [6, 6.07) is 10.2. The number of fused-ring (bicyclic) bond motifs is 1. The van der Waals surface area contributed by atoms with Gasteiger partial charge in [-0.1, -0.05) is 12.1 Å². The topological polar surface area (TPSA) is 75.7 Å². The minimum atomic E-state index is -3.74. The number of nitrogens with one attached hydrogen (secondary N) is 1. The van der Waals surface area contributed by atoms with Crippen molar-refractivity contribution in [3.63, 3.8) is 0 Å². The number of rotatable bonds is 3. The highest BCUT2D eigenvalue weighted by Crippen LogP contribution is 2.37. The maximum absolute atomic E-state index is 12.8. The van der Waals surface area contributed by atoms with Crippen molar-refractivity contribution in [1.82, 2.24) is 0 Å². The lowest BCUT2D eigenvalue weighted by molar-refractivity contribution is -0.127. The zero-order valence-electron chi connectivity index (χ0n) is 16.2. The van der Waals surface area contributed by atoms with Crippen LogP contribution in [0.15, 0.2) is 41.3 Å². The average molecular weight is 388 g/mol. The van der Waals surface area contributed by atoms with Gasteiger partial charge in [0.05, 0.1) is 21.7 Å². The first kappa shape index (κ1) is 19.2. The fourth-order valence-electron chi connectivity index (χ4n) is 3.06. The Morgan fingerprint density at radius 2 is 1.81 bits per heavy atom. The van der Waals surface area contributed by atoms with Crippen LogP contribution in [0, 0.1) is 19.3 Å². The van der Waals surface area contributed by atoms with Crippen molar-refractivity contribution in [2.75, 3.05) is 23.3 Å². The molecule has 27 heavy (non-hydrogen) atoms. The molecule has 0 radical (unpaired) electrons. The van der Waals surface area contributed by atoms with Gasteiger partial charge >= 0.3 is 0 Å². The molecular formula is C20H24N2O4S. The van der Waals surface area contributed by atoms with Crippen molar-refractivity contribution in [2.24, 2.45) is 5.41 Å². The molecule has 2 aromatic carbocycles. The second-order valence-electron chi connectivity index (χ2n) is 7.59. The summed E-state index contributed by atoms with van der Waals surface area (Å²) in [6.07, 6.45) is 0. The maximum atomic E-state index is 12.8. The van der Waals surface area contributed by atoms with E-state index in [9.17, 15) is 13.2 Å². The highest BCUT2D eigenvalue weighted by Gasteiger charge is 2.36. The first-order chi connectivity index (χ1) is 12.5. The molecular weight excluding hydrogens is 364 g/mol. The van der Waals surface area contributed by atoms with Gasteiger partial charge in [-0.2, -0.15) is 0 Å². The normalized spacial score (nSPS) is 16.3. The Bertz CT molecular complexity index is 1010. The summed E-state index contributed by atoms with van der Waals surface area (Å²) < 4.78 is 34.0. The molecule has 6 nitrogen and oxygen atoms in total. The number of sulfonamides is 1. The third kappa shape index (κ3) is 3.64. The Kier molecular flexibility index (Phi) is 4.67. The van der Waals surface area contributed by atoms with Crippen LogP contribution in [0.5, 0.6) is 5.75 Å². The van der Waals surface area contributed by atoms with Gasteiger partial charge < -0.3 is 9.64 Å². The fourth-order valence-corrected chi connectivity index (χ4v) is 4.44. The van der Waals surface area contributed by atoms with E-state index in [1.807, 2.05) is 26.8 Å². The van der Waals surface area contributed by atoms with E-state index in [-0.39, 0.29) is 17.4 Å². The van der Waals surface area contributed by atoms with Gasteiger partial charge in [0.25, 0.3) is 10.0 Å². The molecule has 1 amide bonds. The number of benzene rings is 2. The molecule has 0 aromatic heterocycles. The molecule has 0 unspecified atom stereocenters. The first-order valence-electron chi connectivity index (χ1n) is 8.66. The molecule has 7 heteroatoms. The zero-order chi connectivity index (χ0) is 20.0. The van der Waals surface area contributed by atoms with Crippen LogP contribution >= 0.6 is 0 Å². The monoisotopic (exact) mass is 388 g/mol. The minimum Gasteiger partial charge on any atom is -0.490 e. The van der Waals surface area contributed by atoms with E-state index in [0.29, 0.717) is 22.7 Å². The number of ether oxygens (including phenoxy) is 1. The van der Waals surface area contributed by atoms with E-state index in [0.717, 1.165) is 5.56 Å². The van der Waals surface area contributed by atoms with Gasteiger partial charge in [-0.15, -0.1) is 0 Å². The predicted octanol–water partition coefficient (Wildman–Crippen LogP) is 3.49. The summed E-state index contributed by atoms with van der Waals surface area (Å²) in [5.41, 5.74) is 1.88. The largest absolute Gasteiger partial charge is 0.490 e. The summed E-state index contributed by atoms with van der Waals surface area (Å²) >= 11 is 0. The standard InChI is InChI=1S/C20H24N2O4S/c1-13-6-7-14(2)18(10-13)27(24,25)21-15-8-9-16-17(11-15)26-12-20(3,4)19(23)22(16)5/h6-11,21H,12H2,1-5H3. The smallest absolute Gasteiger partial charge is 0.262 e. The van der Waals surface area contributed by atoms with Crippen LogP contribution in [0.2, 0.25) is 0 Å². The summed E-state index contributed by atoms with van der Waals surface area (Å²) in [7, 11) is -2.04. The molecule has 1 aliphatic rings. The Morgan fingerprint density at radius 3 is 2.52 bits per heavy atom. The number of aryl methyl sites for hydroxylation is 2. The summed E-state index contributed by atoms with van der Waals surface area (Å²) in [6.45, 7) is 7.47. The maximum Gasteiger partial charge on any atom is 0.262 e. The quantitative estimate of drug-likeness (QED) is 0.873. The van der Waals surface area contributed by atoms with Crippen LogP contribution in [-0.2, 0) is 14.8 Å². The highest BCUT2D eigenvalue weighted by atomic mass is 32.2. The third-order valence-corrected chi connectivity index (χ3v) is 6.20. The summed E-state index contributed by atoms with van der Waals surface area (Å²) in [5, 5.41) is 0. The van der Waals surface area contributed by atoms with Crippen LogP contribution in [-0.4, -0.2) is 28.0 Å². The second kappa shape index (κ2) is 6.56. The molecule has 1 N–H and O–H groups in total. The van der Waals surface area contributed by atoms with Gasteiger partial charge in [0.2, 0.25) is 5.91 Å². The van der Waals surface area contributed by atoms with Crippen LogP contribution < -0.4 is 14.4 Å². The first-order valence-corrected chi connectivity index (χ1v) is 10.1. The summed E-state index contributed by atoms with van der Waals surface area (Å²) in [5.74, 6) is 0.419. The lowest BCUT2D eigenvalue weighted by atomic mass is 9.93. The number of nitrogens with zero attached hydrogens (tertiary/aromatic N) is 1. The van der Waals surface area contributed by atoms with Gasteiger partial charge in [-0.05, 0) is 57.0 Å². The fraction of sp³-hybridized carbons (Fsp3) is 0.350. The van der Waals surface area contributed by atoms with E-state index in [1.54, 1.807) is 49.2 Å². The number of amides is 1. The van der Waals surface area contributed by atoms with Crippen LogP contribution in [0.3, 0.4) is 0 Å². The SMILES string of the molecule is Cc1ccc(C)c(S(=O)(=O)Nc2ccc3c(c2)OCC(C)(C)C(=O)N3C)c1. The number of hydrogen-bond donors (Lipinski definition) is 1. The average Bonchev–Trinajstić information content (AvgIpc) is 2.67. The van der Waals surface area contributed by atoms with Crippen molar-refractivity contribution >= 4 is 27.3 Å². The van der Waals surface area contributed by atoms with Crippen molar-refractivity contribution in [1.29, 1.82) is 0 Å². The second-order valence-corrected chi connectivity index (χ2v) is 9.24. The molecule has 1 heterocycles. The Morgan fingerprint density at radius 1 is 1.11 bits per heavy atom. The van der Waals surface area contributed by atoms with Crippen LogP contribution in [0.1, 0.15) is 25.0 Å². The molecule has 0 atom stereocenters. The minimum absolute atomic E-state index is 0.0510. The number of carbonyl (C=O) groups is 1. The lowest BCUT2D eigenvalue weighted by Gasteiger charge is -2.24. The molecule has 144 valence electrons. The van der Waals surface area contributed by atoms with E-state index in [1.165, 1.54) is 0 Å². The van der Waals surface area contributed by atoms with Gasteiger partial charge in [0, 0.05) is 13.1 Å². The molecule has 0 spiro atoms. The Balaban J connectivity index is 1.96. The molecule has 0 fully saturated rings. The van der Waals surface area contributed by atoms with Gasteiger partial charge in [0.15, 0.2) is 0 Å². The van der Waals surface area contributed by atoms with Crippen molar-refractivity contribution in [3.05, 3.63) is 47.5 Å². The molecule has 0 saturated carbocycles. The van der Waals surface area contributed by atoms with E-state index >= 15 is 0 Å². The van der Waals surface area contributed by atoms with Gasteiger partial charge in [0.1, 0.15) is 12.4 Å². The molecule has 2 aromatic rings. The Hall–Kier alpha value is -2.54. The molecule has 0 bridgehead atoms. The number of carbonyl (C=O) groups excluding carboxylic acids is 1. The Labute approximate surface area is 160 Å². The van der Waals surface area contributed by atoms with Gasteiger partial charge in [-0.3, -0.25) is 9.52 Å². The third-order valence-electron chi connectivity index (χ3n) is 4.68. The molecule has 0 aliphatic carbocycles. The van der Waals surface area contributed by atoms with E-state index < -0.39 is 15.4 Å². The highest BCUT2D eigenvalue weighted by molar-refractivity contribution is 7.92. The van der Waals surface area contributed by atoms with E-state index in [4.69, 9.17) is 4.74 Å². The molecule has 0 saturated heterocycles. The zero-order valence-corrected chi connectivity index (χ0v) is 17.0. The van der Waals surface area contributed by atoms with Crippen molar-refractivity contribution < 1.29 is 17.9 Å². The summed E-state index contributed by atoms with van der Waals surface area (Å²) in [4.78, 5) is 14.3. The molecule has 1 aliphatic heterocycles. The van der Waals surface area contributed by atoms with Crippen LogP contribution in [0.25, 0.3) is 0 Å². The molecule has 3 rings (SSSR count).